The lowest BCUT2D eigenvalue weighted by atomic mass is 10.0. The maximum Gasteiger partial charge on any atom is 0.418 e. The van der Waals surface area contributed by atoms with Crippen LogP contribution in [0, 0.1) is 0 Å². The Hall–Kier alpha value is -3.09. The van der Waals surface area contributed by atoms with Crippen molar-refractivity contribution in [3.05, 3.63) is 40.7 Å². The number of fused-ring (bicyclic) bond motifs is 1. The molecule has 9 nitrogen and oxygen atoms in total. The molecule has 0 spiro atoms. The van der Waals surface area contributed by atoms with Gasteiger partial charge in [-0.15, -0.1) is 0 Å². The van der Waals surface area contributed by atoms with Crippen molar-refractivity contribution >= 4 is 39.9 Å². The van der Waals surface area contributed by atoms with Gasteiger partial charge in [-0.05, 0) is 12.1 Å². The summed E-state index contributed by atoms with van der Waals surface area (Å²) in [6.07, 6.45) is -5.67. The van der Waals surface area contributed by atoms with E-state index < -0.39 is 18.2 Å². The van der Waals surface area contributed by atoms with Gasteiger partial charge in [0.05, 0.1) is 36.4 Å². The van der Waals surface area contributed by atoms with Crippen molar-refractivity contribution in [1.29, 1.82) is 0 Å². The molecule has 1 amide bonds. The van der Waals surface area contributed by atoms with Crippen LogP contribution in [0.2, 0.25) is 5.15 Å². The van der Waals surface area contributed by atoms with E-state index in [0.29, 0.717) is 5.52 Å². The first kappa shape index (κ1) is 23.6. The molecular formula is C19H19ClF3N5O4. The summed E-state index contributed by atoms with van der Waals surface area (Å²) in [7, 11) is 5.09. The van der Waals surface area contributed by atoms with Crippen LogP contribution in [0.5, 0.6) is 5.75 Å². The summed E-state index contributed by atoms with van der Waals surface area (Å²) < 4.78 is 52.1. The van der Waals surface area contributed by atoms with Gasteiger partial charge < -0.3 is 14.8 Å². The summed E-state index contributed by atoms with van der Waals surface area (Å²) in [5, 5.41) is 7.60. The normalized spacial score (nSPS) is 12.6. The second-order valence-electron chi connectivity index (χ2n) is 6.52. The van der Waals surface area contributed by atoms with Gasteiger partial charge in [0, 0.05) is 25.9 Å². The molecule has 0 aliphatic carbocycles. The molecule has 172 valence electrons. The number of alkyl halides is 3. The predicted octanol–water partition coefficient (Wildman–Crippen LogP) is 3.91. The molecule has 0 radical (unpaired) electrons. The van der Waals surface area contributed by atoms with Gasteiger partial charge in [0.1, 0.15) is 10.9 Å². The number of carbonyl (C=O) groups is 1. The highest BCUT2D eigenvalue weighted by molar-refractivity contribution is 6.29. The van der Waals surface area contributed by atoms with E-state index in [1.165, 1.54) is 43.3 Å². The molecule has 2 heterocycles. The smallest absolute Gasteiger partial charge is 0.418 e. The molecule has 2 aromatic heterocycles. The highest BCUT2D eigenvalue weighted by atomic mass is 35.5. The molecule has 3 aromatic rings. The fourth-order valence-corrected chi connectivity index (χ4v) is 3.44. The number of carbonyl (C=O) groups excluding carboxylic acids is 1. The zero-order valence-corrected chi connectivity index (χ0v) is 18.1. The first-order chi connectivity index (χ1) is 15.1. The second-order valence-corrected chi connectivity index (χ2v) is 6.91. The van der Waals surface area contributed by atoms with Crippen molar-refractivity contribution < 1.29 is 32.3 Å². The Morgan fingerprint density at radius 1 is 1.25 bits per heavy atom. The van der Waals surface area contributed by atoms with Crippen LogP contribution in [0.15, 0.2) is 24.4 Å². The van der Waals surface area contributed by atoms with E-state index in [1.807, 2.05) is 0 Å². The van der Waals surface area contributed by atoms with E-state index in [4.69, 9.17) is 21.1 Å². The number of nitrogens with one attached hydrogen (secondary N) is 2. The predicted molar refractivity (Wildman–Crippen MR) is 110 cm³/mol. The van der Waals surface area contributed by atoms with Crippen LogP contribution in [-0.4, -0.2) is 48.2 Å². The lowest BCUT2D eigenvalue weighted by Crippen LogP contribution is -2.23. The molecule has 0 bridgehead atoms. The molecule has 0 aliphatic heterocycles. The third-order valence-electron chi connectivity index (χ3n) is 4.58. The van der Waals surface area contributed by atoms with E-state index in [2.05, 4.69) is 25.7 Å². The Morgan fingerprint density at radius 2 is 1.97 bits per heavy atom. The Balaban J connectivity index is 2.20. The Kier molecular flexibility index (Phi) is 6.77. The maximum atomic E-state index is 13.5. The lowest BCUT2D eigenvalue weighted by Gasteiger charge is -2.22. The van der Waals surface area contributed by atoms with E-state index >= 15 is 0 Å². The van der Waals surface area contributed by atoms with Crippen LogP contribution in [0.4, 0.5) is 24.7 Å². The molecule has 1 unspecified atom stereocenters. The molecule has 2 N–H and O–H groups in total. The topological polar surface area (TPSA) is 99.5 Å². The van der Waals surface area contributed by atoms with E-state index in [-0.39, 0.29) is 38.9 Å². The summed E-state index contributed by atoms with van der Waals surface area (Å²) in [6, 6.07) is 4.12. The van der Waals surface area contributed by atoms with Crippen molar-refractivity contribution in [2.75, 3.05) is 26.6 Å². The summed E-state index contributed by atoms with van der Waals surface area (Å²) in [4.78, 5) is 20.8. The minimum Gasteiger partial charge on any atom is -0.496 e. The number of amides is 1. The quantitative estimate of drug-likeness (QED) is 0.396. The maximum absolute atomic E-state index is 13.5. The van der Waals surface area contributed by atoms with E-state index in [1.54, 1.807) is 7.05 Å². The Morgan fingerprint density at radius 3 is 2.56 bits per heavy atom. The Labute approximate surface area is 185 Å². The molecule has 3 rings (SSSR count). The highest BCUT2D eigenvalue weighted by Crippen LogP contribution is 2.44. The number of hydroxylamine groups is 1. The average molecular weight is 474 g/mol. The third-order valence-corrected chi connectivity index (χ3v) is 4.79. The number of methoxy groups -OCH3 is 2. The second kappa shape index (κ2) is 9.18. The number of aryl methyl sites for hydroxylation is 1. The number of rotatable bonds is 7. The van der Waals surface area contributed by atoms with E-state index in [0.717, 1.165) is 7.11 Å². The highest BCUT2D eigenvalue weighted by Gasteiger charge is 2.43. The van der Waals surface area contributed by atoms with Gasteiger partial charge in [-0.1, -0.05) is 17.7 Å². The summed E-state index contributed by atoms with van der Waals surface area (Å²) in [5.74, 6) is -0.569. The largest absolute Gasteiger partial charge is 0.496 e. The summed E-state index contributed by atoms with van der Waals surface area (Å²) in [5.41, 5.74) is 2.69. The van der Waals surface area contributed by atoms with Gasteiger partial charge in [0.25, 0.3) is 5.91 Å². The third kappa shape index (κ3) is 4.42. The van der Waals surface area contributed by atoms with Gasteiger partial charge in [-0.2, -0.15) is 18.3 Å². The molecule has 1 aromatic carbocycles. The van der Waals surface area contributed by atoms with Gasteiger partial charge in [0.2, 0.25) is 0 Å². The van der Waals surface area contributed by atoms with Gasteiger partial charge in [-0.25, -0.2) is 10.5 Å². The molecule has 1 atom stereocenters. The number of hydrogen-bond donors (Lipinski definition) is 2. The number of anilines is 2. The van der Waals surface area contributed by atoms with Crippen molar-refractivity contribution in [2.24, 2.45) is 7.05 Å². The zero-order chi connectivity index (χ0) is 23.6. The molecule has 0 fully saturated rings. The number of hydrogen-bond acceptors (Lipinski definition) is 7. The fraction of sp³-hybridized carbons (Fsp3) is 0.316. The average Bonchev–Trinajstić information content (AvgIpc) is 3.03. The van der Waals surface area contributed by atoms with Crippen LogP contribution in [-0.2, 0) is 16.6 Å². The van der Waals surface area contributed by atoms with Crippen molar-refractivity contribution in [3.8, 4) is 5.75 Å². The summed E-state index contributed by atoms with van der Waals surface area (Å²) in [6.45, 7) is 0. The van der Waals surface area contributed by atoms with Crippen molar-refractivity contribution in [1.82, 2.24) is 20.2 Å². The van der Waals surface area contributed by atoms with Crippen molar-refractivity contribution in [3.63, 3.8) is 0 Å². The van der Waals surface area contributed by atoms with Crippen LogP contribution in [0.1, 0.15) is 22.0 Å². The minimum atomic E-state index is -4.67. The zero-order valence-electron chi connectivity index (χ0n) is 17.4. The lowest BCUT2D eigenvalue weighted by molar-refractivity contribution is -0.216. The standard InChI is InChI=1S/C19H19ClF3N5O4/c1-28-12-6-5-9(16(31-3)19(21,22)23)15(30-2)14(12)17(26-28)25-11-7-13(20)24-8-10(11)18(29)27-32-4/h5-8,16H,1-4H3,(H,27,29)(H,24,25,26). The minimum absolute atomic E-state index is 0.0650. The summed E-state index contributed by atoms with van der Waals surface area (Å²) >= 11 is 5.98. The monoisotopic (exact) mass is 473 g/mol. The fourth-order valence-electron chi connectivity index (χ4n) is 3.28. The molecule has 32 heavy (non-hydrogen) atoms. The van der Waals surface area contributed by atoms with Crippen LogP contribution >= 0.6 is 11.6 Å². The Bertz CT molecular complexity index is 1150. The molecular weight excluding hydrogens is 455 g/mol. The van der Waals surface area contributed by atoms with Gasteiger partial charge in [0.15, 0.2) is 11.9 Å². The number of pyridine rings is 1. The number of nitrogens with zero attached hydrogens (tertiary/aromatic N) is 3. The van der Waals surface area contributed by atoms with Crippen LogP contribution in [0.25, 0.3) is 10.9 Å². The first-order valence-electron chi connectivity index (χ1n) is 9.01. The van der Waals surface area contributed by atoms with Gasteiger partial charge in [-0.3, -0.25) is 14.3 Å². The van der Waals surface area contributed by atoms with Crippen LogP contribution in [0.3, 0.4) is 0 Å². The number of ether oxygens (including phenoxy) is 2. The van der Waals surface area contributed by atoms with Crippen molar-refractivity contribution in [2.45, 2.75) is 12.3 Å². The first-order valence-corrected chi connectivity index (χ1v) is 9.39. The molecule has 0 aliphatic rings. The number of benzene rings is 1. The SMILES string of the molecule is CONC(=O)c1cnc(Cl)cc1Nc1nn(C)c2ccc(C(OC)C(F)(F)F)c(OC)c12. The molecule has 13 heteroatoms. The van der Waals surface area contributed by atoms with E-state index in [9.17, 15) is 18.0 Å². The molecule has 0 saturated carbocycles. The van der Waals surface area contributed by atoms with Gasteiger partial charge >= 0.3 is 6.18 Å². The van der Waals surface area contributed by atoms with Crippen LogP contribution < -0.4 is 15.5 Å². The molecule has 0 saturated heterocycles. The number of aromatic nitrogens is 3. The number of halogens is 4.